The van der Waals surface area contributed by atoms with Crippen LogP contribution in [0.25, 0.3) is 0 Å². The highest BCUT2D eigenvalue weighted by molar-refractivity contribution is 6.05. The monoisotopic (exact) mass is 296 g/mol. The van der Waals surface area contributed by atoms with Crippen LogP contribution in [0.15, 0.2) is 40.9 Å². The fraction of sp³-hybridized carbons (Fsp3) is 0.333. The topological polar surface area (TPSA) is 46.3 Å². The molecule has 1 aromatic carbocycles. The number of hydrogen-bond donors (Lipinski definition) is 0. The summed E-state index contributed by atoms with van der Waals surface area (Å²) in [5.41, 5.74) is 0.845. The van der Waals surface area contributed by atoms with Gasteiger partial charge in [0.2, 0.25) is 0 Å². The molecule has 2 aromatic rings. The van der Waals surface area contributed by atoms with E-state index < -0.39 is 0 Å². The fourth-order valence-corrected chi connectivity index (χ4v) is 1.94. The van der Waals surface area contributed by atoms with E-state index in [2.05, 4.69) is 17.0 Å². The Morgan fingerprint density at radius 2 is 1.95 bits per heavy atom. The zero-order valence-electron chi connectivity index (χ0n) is 13.4. The normalized spacial score (nSPS) is 10.7. The van der Waals surface area contributed by atoms with Gasteiger partial charge in [0.1, 0.15) is 5.76 Å². The zero-order valence-corrected chi connectivity index (χ0v) is 13.4. The summed E-state index contributed by atoms with van der Waals surface area (Å²) in [6.07, 6.45) is 0. The lowest BCUT2D eigenvalue weighted by atomic mass is 9.93. The Bertz CT molecular complexity index is 700. The van der Waals surface area contributed by atoms with E-state index in [0.717, 1.165) is 11.3 Å². The summed E-state index contributed by atoms with van der Waals surface area (Å²) in [5, 5.41) is 4.04. The summed E-state index contributed by atoms with van der Waals surface area (Å²) in [7, 11) is 0. The van der Waals surface area contributed by atoms with Crippen molar-refractivity contribution in [3.8, 4) is 11.8 Å². The van der Waals surface area contributed by atoms with Crippen LogP contribution >= 0.6 is 0 Å². The molecule has 0 atom stereocenters. The molecule has 0 unspecified atom stereocenters. The highest BCUT2D eigenvalue weighted by Gasteiger charge is 2.24. The Balaban J connectivity index is 2.33. The van der Waals surface area contributed by atoms with Crippen LogP contribution in [-0.2, 0) is 16.8 Å². The Kier molecular flexibility index (Phi) is 4.67. The minimum Gasteiger partial charge on any atom is -0.359 e. The van der Waals surface area contributed by atoms with Gasteiger partial charge in [0.25, 0.3) is 0 Å². The van der Waals surface area contributed by atoms with Crippen molar-refractivity contribution in [2.75, 3.05) is 4.90 Å². The number of amides is 1. The van der Waals surface area contributed by atoms with Gasteiger partial charge in [0, 0.05) is 11.5 Å². The third kappa shape index (κ3) is 3.76. The Labute approximate surface area is 131 Å². The van der Waals surface area contributed by atoms with Gasteiger partial charge in [-0.15, -0.1) is 0 Å². The zero-order chi connectivity index (χ0) is 16.2. The molecule has 2 rings (SSSR count). The lowest BCUT2D eigenvalue weighted by Crippen LogP contribution is -2.29. The highest BCUT2D eigenvalue weighted by Crippen LogP contribution is 2.26. The third-order valence-corrected chi connectivity index (χ3v) is 3.17. The largest absolute Gasteiger partial charge is 0.359 e. The van der Waals surface area contributed by atoms with E-state index in [1.807, 2.05) is 51.1 Å². The van der Waals surface area contributed by atoms with E-state index in [1.165, 1.54) is 4.90 Å². The molecular weight excluding hydrogens is 276 g/mol. The van der Waals surface area contributed by atoms with E-state index in [0.29, 0.717) is 12.4 Å². The second kappa shape index (κ2) is 6.48. The van der Waals surface area contributed by atoms with Crippen LogP contribution in [0.4, 0.5) is 5.82 Å². The van der Waals surface area contributed by atoms with E-state index in [4.69, 9.17) is 4.52 Å². The Morgan fingerprint density at radius 1 is 1.27 bits per heavy atom. The molecule has 1 amide bonds. The first kappa shape index (κ1) is 15.8. The van der Waals surface area contributed by atoms with Crippen molar-refractivity contribution in [3.05, 3.63) is 47.7 Å². The summed E-state index contributed by atoms with van der Waals surface area (Å²) < 4.78 is 5.38. The van der Waals surface area contributed by atoms with Gasteiger partial charge in [0.15, 0.2) is 5.82 Å². The number of aromatic nitrogens is 1. The number of benzene rings is 1. The molecule has 0 saturated heterocycles. The van der Waals surface area contributed by atoms with Gasteiger partial charge in [-0.1, -0.05) is 62.2 Å². The molecule has 0 aliphatic carbocycles. The average molecular weight is 296 g/mol. The van der Waals surface area contributed by atoms with Gasteiger partial charge in [-0.2, -0.15) is 0 Å². The van der Waals surface area contributed by atoms with Crippen molar-refractivity contribution >= 4 is 11.7 Å². The molecule has 0 aliphatic rings. The number of nitrogens with zero attached hydrogens (tertiary/aromatic N) is 2. The molecule has 1 aromatic heterocycles. The minimum absolute atomic E-state index is 0.164. The number of carbonyl (C=O) groups excluding carboxylic acids is 1. The van der Waals surface area contributed by atoms with Crippen molar-refractivity contribution in [1.82, 2.24) is 5.16 Å². The Morgan fingerprint density at radius 3 is 2.50 bits per heavy atom. The fourth-order valence-electron chi connectivity index (χ4n) is 1.94. The van der Waals surface area contributed by atoms with Crippen LogP contribution in [0.3, 0.4) is 0 Å². The molecule has 0 bridgehead atoms. The Hall–Kier alpha value is -2.54. The predicted octanol–water partition coefficient (Wildman–Crippen LogP) is 3.53. The van der Waals surface area contributed by atoms with Crippen LogP contribution in [0.5, 0.6) is 0 Å². The third-order valence-electron chi connectivity index (χ3n) is 3.17. The van der Waals surface area contributed by atoms with E-state index in [-0.39, 0.29) is 11.3 Å². The van der Waals surface area contributed by atoms with Crippen LogP contribution < -0.4 is 4.90 Å². The van der Waals surface area contributed by atoms with Gasteiger partial charge in [0.05, 0.1) is 6.54 Å². The SMILES string of the molecule is CC#CC(=O)N(Cc1ccccc1)c1cc(C(C)(C)C)on1. The number of anilines is 1. The highest BCUT2D eigenvalue weighted by atomic mass is 16.5. The van der Waals surface area contributed by atoms with Crippen molar-refractivity contribution in [1.29, 1.82) is 0 Å². The van der Waals surface area contributed by atoms with E-state index >= 15 is 0 Å². The van der Waals surface area contributed by atoms with Crippen molar-refractivity contribution in [2.24, 2.45) is 0 Å². The smallest absolute Gasteiger partial charge is 0.304 e. The predicted molar refractivity (Wildman–Crippen MR) is 86.3 cm³/mol. The van der Waals surface area contributed by atoms with Gasteiger partial charge < -0.3 is 4.52 Å². The molecule has 0 radical (unpaired) electrons. The molecule has 4 heteroatoms. The molecule has 0 fully saturated rings. The van der Waals surface area contributed by atoms with Crippen molar-refractivity contribution in [2.45, 2.75) is 39.7 Å². The summed E-state index contributed by atoms with van der Waals surface area (Å²) in [6, 6.07) is 11.5. The van der Waals surface area contributed by atoms with Crippen molar-refractivity contribution in [3.63, 3.8) is 0 Å². The minimum atomic E-state index is -0.292. The van der Waals surface area contributed by atoms with Crippen molar-refractivity contribution < 1.29 is 9.32 Å². The van der Waals surface area contributed by atoms with Crippen LogP contribution in [0.2, 0.25) is 0 Å². The first-order valence-corrected chi connectivity index (χ1v) is 7.17. The molecule has 0 spiro atoms. The van der Waals surface area contributed by atoms with Gasteiger partial charge in [-0.3, -0.25) is 9.69 Å². The summed E-state index contributed by atoms with van der Waals surface area (Å²) >= 11 is 0. The lowest BCUT2D eigenvalue weighted by molar-refractivity contribution is -0.113. The van der Waals surface area contributed by atoms with E-state index in [1.54, 1.807) is 13.0 Å². The van der Waals surface area contributed by atoms with Gasteiger partial charge in [-0.05, 0) is 18.4 Å². The second-order valence-electron chi connectivity index (χ2n) is 6.05. The first-order valence-electron chi connectivity index (χ1n) is 7.17. The molecule has 114 valence electrons. The second-order valence-corrected chi connectivity index (χ2v) is 6.05. The molecular formula is C18H20N2O2. The van der Waals surface area contributed by atoms with E-state index in [9.17, 15) is 4.79 Å². The number of carbonyl (C=O) groups is 1. The standard InChI is InChI=1S/C18H20N2O2/c1-5-9-17(21)20(13-14-10-7-6-8-11-14)16-12-15(22-19-16)18(2,3)4/h6-8,10-12H,13H2,1-4H3. The molecule has 1 heterocycles. The maximum absolute atomic E-state index is 12.3. The van der Waals surface area contributed by atoms with Crippen LogP contribution in [0.1, 0.15) is 39.0 Å². The summed E-state index contributed by atoms with van der Waals surface area (Å²) in [5.74, 6) is 6.14. The first-order chi connectivity index (χ1) is 10.4. The maximum Gasteiger partial charge on any atom is 0.304 e. The molecule has 4 nitrogen and oxygen atoms in total. The molecule has 0 N–H and O–H groups in total. The maximum atomic E-state index is 12.3. The molecule has 0 saturated carbocycles. The summed E-state index contributed by atoms with van der Waals surface area (Å²) in [4.78, 5) is 13.8. The molecule has 0 aliphatic heterocycles. The average Bonchev–Trinajstić information content (AvgIpc) is 2.95. The van der Waals surface area contributed by atoms with Crippen LogP contribution in [-0.4, -0.2) is 11.1 Å². The number of hydrogen-bond acceptors (Lipinski definition) is 3. The van der Waals surface area contributed by atoms with Gasteiger partial charge in [-0.25, -0.2) is 0 Å². The summed E-state index contributed by atoms with van der Waals surface area (Å²) in [6.45, 7) is 8.15. The number of rotatable bonds is 3. The lowest BCUT2D eigenvalue weighted by Gasteiger charge is -2.17. The van der Waals surface area contributed by atoms with Gasteiger partial charge >= 0.3 is 5.91 Å². The quantitative estimate of drug-likeness (QED) is 0.814. The molecule has 22 heavy (non-hydrogen) atoms. The van der Waals surface area contributed by atoms with Crippen LogP contribution in [0, 0.1) is 11.8 Å².